The summed E-state index contributed by atoms with van der Waals surface area (Å²) in [5, 5.41) is 1.78. The van der Waals surface area contributed by atoms with Gasteiger partial charge in [0.05, 0.1) is 4.90 Å². The molecule has 7 nitrogen and oxygen atoms in total. The third-order valence-corrected chi connectivity index (χ3v) is 8.73. The van der Waals surface area contributed by atoms with Crippen molar-refractivity contribution in [3.05, 3.63) is 36.6 Å². The number of carbonyl (C=O) groups is 1. The van der Waals surface area contributed by atoms with E-state index in [1.165, 1.54) is 15.6 Å². The van der Waals surface area contributed by atoms with Crippen molar-refractivity contribution in [2.45, 2.75) is 38.6 Å². The minimum Gasteiger partial charge on any atom is -0.340 e. The van der Waals surface area contributed by atoms with Gasteiger partial charge in [-0.15, -0.1) is 11.3 Å². The van der Waals surface area contributed by atoms with Crippen LogP contribution in [0.5, 0.6) is 0 Å². The lowest BCUT2D eigenvalue weighted by Crippen LogP contribution is -2.50. The van der Waals surface area contributed by atoms with Gasteiger partial charge in [0.15, 0.2) is 0 Å². The zero-order chi connectivity index (χ0) is 19.8. The summed E-state index contributed by atoms with van der Waals surface area (Å²) >= 11 is 2.61. The Morgan fingerprint density at radius 3 is 2.33 bits per heavy atom. The van der Waals surface area contributed by atoms with E-state index in [-0.39, 0.29) is 17.2 Å². The first-order chi connectivity index (χ1) is 12.7. The highest BCUT2D eigenvalue weighted by atomic mass is 32.2. The smallest absolute Gasteiger partial charge is 0.307 e. The topological polar surface area (TPSA) is 79.7 Å². The Balaban J connectivity index is 1.59. The van der Waals surface area contributed by atoms with Gasteiger partial charge in [-0.05, 0) is 26.8 Å². The number of hydrogen-bond donors (Lipinski definition) is 0. The number of carbonyl (C=O) groups excluding carboxylic acids is 1. The van der Waals surface area contributed by atoms with Gasteiger partial charge in [0, 0.05) is 60.0 Å². The van der Waals surface area contributed by atoms with Gasteiger partial charge in [0.25, 0.3) is 0 Å². The Labute approximate surface area is 166 Å². The van der Waals surface area contributed by atoms with Crippen LogP contribution in [0, 0.1) is 20.8 Å². The molecule has 1 amide bonds. The van der Waals surface area contributed by atoms with Gasteiger partial charge in [-0.2, -0.15) is 4.31 Å². The molecule has 1 fully saturated rings. The van der Waals surface area contributed by atoms with E-state index in [0.717, 1.165) is 26.8 Å². The van der Waals surface area contributed by atoms with Crippen LogP contribution in [-0.4, -0.2) is 54.3 Å². The second kappa shape index (κ2) is 7.86. The molecular formula is C17H23N3O4S3. The molecular weight excluding hydrogens is 406 g/mol. The second-order valence-electron chi connectivity index (χ2n) is 6.61. The van der Waals surface area contributed by atoms with Crippen molar-refractivity contribution >= 4 is 38.6 Å². The maximum Gasteiger partial charge on any atom is 0.307 e. The lowest BCUT2D eigenvalue weighted by molar-refractivity contribution is -0.132. The van der Waals surface area contributed by atoms with Crippen LogP contribution in [0.15, 0.2) is 21.1 Å². The van der Waals surface area contributed by atoms with E-state index in [9.17, 15) is 18.0 Å². The van der Waals surface area contributed by atoms with Crippen LogP contribution in [0.2, 0.25) is 0 Å². The maximum atomic E-state index is 12.8. The summed E-state index contributed by atoms with van der Waals surface area (Å²) in [6.07, 6.45) is 0.243. The molecule has 1 saturated heterocycles. The van der Waals surface area contributed by atoms with Gasteiger partial charge in [-0.3, -0.25) is 9.59 Å². The molecule has 3 rings (SSSR count). The molecule has 27 heavy (non-hydrogen) atoms. The van der Waals surface area contributed by atoms with Gasteiger partial charge >= 0.3 is 4.87 Å². The quantitative estimate of drug-likeness (QED) is 0.726. The van der Waals surface area contributed by atoms with Crippen molar-refractivity contribution in [3.63, 3.8) is 0 Å². The van der Waals surface area contributed by atoms with E-state index < -0.39 is 10.0 Å². The van der Waals surface area contributed by atoms with Gasteiger partial charge in [0.1, 0.15) is 0 Å². The molecule has 1 aliphatic heterocycles. The predicted octanol–water partition coefficient (Wildman–Crippen LogP) is 1.82. The van der Waals surface area contributed by atoms with E-state index in [1.807, 2.05) is 20.8 Å². The number of aromatic nitrogens is 1. The van der Waals surface area contributed by atoms with Gasteiger partial charge in [0.2, 0.25) is 15.9 Å². The van der Waals surface area contributed by atoms with Crippen LogP contribution < -0.4 is 4.87 Å². The van der Waals surface area contributed by atoms with E-state index >= 15 is 0 Å². The number of piperazine rings is 1. The lowest BCUT2D eigenvalue weighted by atomic mass is 10.3. The molecule has 0 atom stereocenters. The molecule has 0 radical (unpaired) electrons. The summed E-state index contributed by atoms with van der Waals surface area (Å²) in [6, 6.07) is 1.72. The highest BCUT2D eigenvalue weighted by molar-refractivity contribution is 7.89. The molecule has 2 aromatic rings. The molecule has 0 unspecified atom stereocenters. The first-order valence-corrected chi connectivity index (χ1v) is 11.8. The normalized spacial score (nSPS) is 16.0. The highest BCUT2D eigenvalue weighted by Crippen LogP contribution is 2.28. The van der Waals surface area contributed by atoms with Crippen molar-refractivity contribution < 1.29 is 13.2 Å². The Kier molecular flexibility index (Phi) is 5.90. The SMILES string of the molecule is Cc1cc(S(=O)(=O)N2CCN(C(=O)CCn3c(C)csc3=O)CC2)c(C)s1. The molecule has 0 spiro atoms. The second-order valence-corrected chi connectivity index (χ2v) is 10.8. The first-order valence-electron chi connectivity index (χ1n) is 8.70. The molecule has 0 saturated carbocycles. The number of sulfonamides is 1. The van der Waals surface area contributed by atoms with Crippen molar-refractivity contribution in [1.29, 1.82) is 0 Å². The number of nitrogens with zero attached hydrogens (tertiary/aromatic N) is 3. The largest absolute Gasteiger partial charge is 0.340 e. The molecule has 0 bridgehead atoms. The fraction of sp³-hybridized carbons (Fsp3) is 0.529. The molecule has 1 aliphatic rings. The average Bonchev–Trinajstić information content (AvgIpc) is 3.14. The molecule has 0 aromatic carbocycles. The molecule has 3 heterocycles. The number of aryl methyl sites for hydroxylation is 3. The Bertz CT molecular complexity index is 995. The fourth-order valence-corrected chi connectivity index (χ4v) is 6.93. The van der Waals surface area contributed by atoms with E-state index in [1.54, 1.807) is 20.9 Å². The van der Waals surface area contributed by atoms with E-state index in [4.69, 9.17) is 0 Å². The average molecular weight is 430 g/mol. The number of amides is 1. The van der Waals surface area contributed by atoms with Crippen LogP contribution in [0.3, 0.4) is 0 Å². The minimum absolute atomic E-state index is 0.0490. The van der Waals surface area contributed by atoms with Crippen LogP contribution in [0.25, 0.3) is 0 Å². The van der Waals surface area contributed by atoms with E-state index in [0.29, 0.717) is 37.6 Å². The Morgan fingerprint density at radius 1 is 1.15 bits per heavy atom. The molecule has 2 aromatic heterocycles. The van der Waals surface area contributed by atoms with Gasteiger partial charge in [-0.1, -0.05) is 11.3 Å². The van der Waals surface area contributed by atoms with Crippen LogP contribution in [-0.2, 0) is 21.4 Å². The Morgan fingerprint density at radius 2 is 1.81 bits per heavy atom. The summed E-state index contributed by atoms with van der Waals surface area (Å²) in [6.45, 7) is 7.25. The molecule has 10 heteroatoms. The highest BCUT2D eigenvalue weighted by Gasteiger charge is 2.31. The number of thiazole rings is 1. The predicted molar refractivity (Wildman–Crippen MR) is 107 cm³/mol. The van der Waals surface area contributed by atoms with E-state index in [2.05, 4.69) is 0 Å². The van der Waals surface area contributed by atoms with Crippen LogP contribution >= 0.6 is 22.7 Å². The summed E-state index contributed by atoms with van der Waals surface area (Å²) in [5.41, 5.74) is 0.857. The Hall–Kier alpha value is -1.49. The summed E-state index contributed by atoms with van der Waals surface area (Å²) in [4.78, 5) is 27.9. The summed E-state index contributed by atoms with van der Waals surface area (Å²) in [7, 11) is -3.52. The summed E-state index contributed by atoms with van der Waals surface area (Å²) in [5.74, 6) is -0.0490. The zero-order valence-corrected chi connectivity index (χ0v) is 18.0. The van der Waals surface area contributed by atoms with Crippen molar-refractivity contribution in [1.82, 2.24) is 13.8 Å². The van der Waals surface area contributed by atoms with Crippen LogP contribution in [0.4, 0.5) is 0 Å². The zero-order valence-electron chi connectivity index (χ0n) is 15.6. The standard InChI is InChI=1S/C17H23N3O4S3/c1-12-11-25-17(22)20(12)5-4-16(21)18-6-8-19(9-7-18)27(23,24)15-10-13(2)26-14(15)3/h10-11H,4-9H2,1-3H3. The number of hydrogen-bond acceptors (Lipinski definition) is 6. The van der Waals surface area contributed by atoms with Crippen molar-refractivity contribution in [3.8, 4) is 0 Å². The molecule has 0 aliphatic carbocycles. The van der Waals surface area contributed by atoms with Gasteiger partial charge in [-0.25, -0.2) is 8.42 Å². The van der Waals surface area contributed by atoms with Crippen LogP contribution in [0.1, 0.15) is 21.9 Å². The summed E-state index contributed by atoms with van der Waals surface area (Å²) < 4.78 is 28.8. The number of rotatable bonds is 5. The van der Waals surface area contributed by atoms with Gasteiger partial charge < -0.3 is 9.47 Å². The molecule has 148 valence electrons. The van der Waals surface area contributed by atoms with Crippen molar-refractivity contribution in [2.24, 2.45) is 0 Å². The third-order valence-electron chi connectivity index (χ3n) is 4.73. The van der Waals surface area contributed by atoms with Crippen molar-refractivity contribution in [2.75, 3.05) is 26.2 Å². The lowest BCUT2D eigenvalue weighted by Gasteiger charge is -2.34. The maximum absolute atomic E-state index is 12.8. The fourth-order valence-electron chi connectivity index (χ4n) is 3.22. The third kappa shape index (κ3) is 4.18. The number of thiophene rings is 1. The molecule has 0 N–H and O–H groups in total. The minimum atomic E-state index is -3.52. The monoisotopic (exact) mass is 429 g/mol. The first kappa shape index (κ1) is 20.2.